The van der Waals surface area contributed by atoms with Crippen LogP contribution < -0.4 is 0 Å². The fraction of sp³-hybridized carbons (Fsp3) is 0.964. The molecule has 0 amide bonds. The summed E-state index contributed by atoms with van der Waals surface area (Å²) in [6, 6.07) is 0.386. The maximum atomic E-state index is 13.5. The number of morpholine rings is 1. The number of hydrogen-bond donors (Lipinski definition) is 0. The van der Waals surface area contributed by atoms with Gasteiger partial charge in [-0.1, -0.05) is 34.1 Å². The molecule has 5 aliphatic rings. The molecule has 5 fully saturated rings. The lowest BCUT2D eigenvalue weighted by Crippen LogP contribution is -2.51. The Bertz CT molecular complexity index is 620. The van der Waals surface area contributed by atoms with Gasteiger partial charge in [-0.05, 0) is 99.2 Å². The second-order valence-corrected chi connectivity index (χ2v) is 11.9. The average Bonchev–Trinajstić information content (AvgIpc) is 3.13. The van der Waals surface area contributed by atoms with E-state index in [-0.39, 0.29) is 5.41 Å². The summed E-state index contributed by atoms with van der Waals surface area (Å²) in [5.41, 5.74) is 0.280. The number of Topliss-reactive ketones (excluding diaryl/α,β-unsaturated/α-hetero) is 1. The number of carbonyl (C=O) groups excluding carboxylic acids is 1. The van der Waals surface area contributed by atoms with Crippen molar-refractivity contribution in [1.82, 2.24) is 4.90 Å². The minimum absolute atomic E-state index is 0.280. The third kappa shape index (κ3) is 4.39. The van der Waals surface area contributed by atoms with E-state index in [1.807, 2.05) is 13.8 Å². The second kappa shape index (κ2) is 9.84. The Morgan fingerprint density at radius 2 is 1.74 bits per heavy atom. The number of ketones is 1. The third-order valence-corrected chi connectivity index (χ3v) is 10.5. The fourth-order valence-corrected chi connectivity index (χ4v) is 8.92. The van der Waals surface area contributed by atoms with Gasteiger partial charge in [0.05, 0.1) is 19.8 Å². The molecule has 0 aromatic carbocycles. The average molecular weight is 432 g/mol. The van der Waals surface area contributed by atoms with Crippen LogP contribution in [0.1, 0.15) is 92.4 Å². The SMILES string of the molecule is CC.CC1CCC2C(CCC3C2CCC2(C)C(C(=O)CN4CCOCC4C)CCC32)C1. The molecule has 1 saturated heterocycles. The van der Waals surface area contributed by atoms with E-state index in [0.29, 0.717) is 24.3 Å². The highest BCUT2D eigenvalue weighted by Crippen LogP contribution is 2.64. The zero-order chi connectivity index (χ0) is 22.2. The molecule has 4 saturated carbocycles. The predicted molar refractivity (Wildman–Crippen MR) is 128 cm³/mol. The van der Waals surface area contributed by atoms with E-state index in [2.05, 4.69) is 25.7 Å². The summed E-state index contributed by atoms with van der Waals surface area (Å²) >= 11 is 0. The molecule has 0 N–H and O–H groups in total. The van der Waals surface area contributed by atoms with Gasteiger partial charge in [-0.15, -0.1) is 0 Å². The molecule has 0 spiro atoms. The van der Waals surface area contributed by atoms with Gasteiger partial charge in [-0.25, -0.2) is 0 Å². The van der Waals surface area contributed by atoms with Crippen LogP contribution in [0.15, 0.2) is 0 Å². The number of nitrogens with zero attached hydrogens (tertiary/aromatic N) is 1. The molecule has 178 valence electrons. The topological polar surface area (TPSA) is 29.5 Å². The molecule has 1 aliphatic heterocycles. The van der Waals surface area contributed by atoms with Crippen molar-refractivity contribution in [1.29, 1.82) is 0 Å². The summed E-state index contributed by atoms with van der Waals surface area (Å²) in [7, 11) is 0. The van der Waals surface area contributed by atoms with Crippen molar-refractivity contribution in [3.63, 3.8) is 0 Å². The molecule has 0 radical (unpaired) electrons. The first kappa shape index (κ1) is 23.7. The zero-order valence-corrected chi connectivity index (χ0v) is 21.1. The molecule has 1 heterocycles. The molecule has 9 atom stereocenters. The van der Waals surface area contributed by atoms with Crippen molar-refractivity contribution >= 4 is 5.78 Å². The molecule has 0 aromatic heterocycles. The van der Waals surface area contributed by atoms with Crippen LogP contribution in [-0.2, 0) is 9.53 Å². The van der Waals surface area contributed by atoms with Gasteiger partial charge in [-0.3, -0.25) is 9.69 Å². The van der Waals surface area contributed by atoms with E-state index in [1.54, 1.807) is 0 Å². The van der Waals surface area contributed by atoms with Crippen molar-refractivity contribution in [2.24, 2.45) is 46.8 Å². The van der Waals surface area contributed by atoms with Crippen molar-refractivity contribution in [2.75, 3.05) is 26.3 Å². The standard InChI is InChI=1S/C26H43NO2.C2H6/c1-17-4-6-20-19(14-17)5-7-22-21(20)10-11-26(3)23(22)8-9-24(26)25(28)15-27-12-13-29-16-18(27)2;1-2/h17-24H,4-16H2,1-3H3;1-2H3. The quantitative estimate of drug-likeness (QED) is 0.532. The smallest absolute Gasteiger partial charge is 0.150 e. The highest BCUT2D eigenvalue weighted by molar-refractivity contribution is 5.84. The summed E-state index contributed by atoms with van der Waals surface area (Å²) in [4.78, 5) is 15.8. The minimum Gasteiger partial charge on any atom is -0.379 e. The lowest BCUT2D eigenvalue weighted by atomic mass is 9.49. The molecule has 0 bridgehead atoms. The molecular weight excluding hydrogens is 382 g/mol. The number of fused-ring (bicyclic) bond motifs is 5. The lowest BCUT2D eigenvalue weighted by molar-refractivity contribution is -0.133. The van der Waals surface area contributed by atoms with Crippen molar-refractivity contribution in [2.45, 2.75) is 98.4 Å². The first-order valence-electron chi connectivity index (χ1n) is 13.8. The Hall–Kier alpha value is -0.410. The largest absolute Gasteiger partial charge is 0.379 e. The highest BCUT2D eigenvalue weighted by Gasteiger charge is 2.58. The Labute approximate surface area is 192 Å². The van der Waals surface area contributed by atoms with Crippen LogP contribution in [0.2, 0.25) is 0 Å². The van der Waals surface area contributed by atoms with Gasteiger partial charge in [0.1, 0.15) is 5.78 Å². The molecule has 0 aromatic rings. The summed E-state index contributed by atoms with van der Waals surface area (Å²) in [5.74, 6) is 6.56. The molecule has 3 nitrogen and oxygen atoms in total. The lowest BCUT2D eigenvalue weighted by Gasteiger charge is -2.56. The van der Waals surface area contributed by atoms with Crippen LogP contribution in [0, 0.1) is 46.8 Å². The van der Waals surface area contributed by atoms with Crippen LogP contribution in [0.5, 0.6) is 0 Å². The normalized spacial score (nSPS) is 47.4. The van der Waals surface area contributed by atoms with Crippen molar-refractivity contribution < 1.29 is 9.53 Å². The first-order valence-corrected chi connectivity index (χ1v) is 13.8. The van der Waals surface area contributed by atoms with Crippen LogP contribution >= 0.6 is 0 Å². The monoisotopic (exact) mass is 431 g/mol. The van der Waals surface area contributed by atoms with Gasteiger partial charge in [-0.2, -0.15) is 0 Å². The van der Waals surface area contributed by atoms with Gasteiger partial charge in [0.2, 0.25) is 0 Å². The van der Waals surface area contributed by atoms with E-state index in [4.69, 9.17) is 4.74 Å². The number of carbonyl (C=O) groups is 1. The van der Waals surface area contributed by atoms with E-state index < -0.39 is 0 Å². The Balaban J connectivity index is 0.00000112. The first-order chi connectivity index (χ1) is 15.0. The van der Waals surface area contributed by atoms with Crippen molar-refractivity contribution in [3.8, 4) is 0 Å². The molecule has 9 unspecified atom stereocenters. The van der Waals surface area contributed by atoms with Crippen LogP contribution in [0.4, 0.5) is 0 Å². The molecule has 4 aliphatic carbocycles. The van der Waals surface area contributed by atoms with E-state index in [9.17, 15) is 4.79 Å². The van der Waals surface area contributed by atoms with E-state index >= 15 is 0 Å². The number of rotatable bonds is 3. The summed E-state index contributed by atoms with van der Waals surface area (Å²) in [6.45, 7) is 14.3. The zero-order valence-electron chi connectivity index (χ0n) is 21.1. The molecule has 5 rings (SSSR count). The van der Waals surface area contributed by atoms with Gasteiger partial charge in [0, 0.05) is 18.5 Å². The van der Waals surface area contributed by atoms with Crippen LogP contribution in [0.3, 0.4) is 0 Å². The second-order valence-electron chi connectivity index (χ2n) is 11.9. The van der Waals surface area contributed by atoms with Gasteiger partial charge in [0.15, 0.2) is 0 Å². The van der Waals surface area contributed by atoms with Crippen LogP contribution in [0.25, 0.3) is 0 Å². The Morgan fingerprint density at radius 1 is 0.968 bits per heavy atom. The fourth-order valence-electron chi connectivity index (χ4n) is 8.92. The molecular formula is C28H49NO2. The van der Waals surface area contributed by atoms with Crippen LogP contribution in [-0.4, -0.2) is 43.0 Å². The predicted octanol–water partition coefficient (Wildman–Crippen LogP) is 6.21. The summed E-state index contributed by atoms with van der Waals surface area (Å²) in [5, 5.41) is 0. The molecule has 3 heteroatoms. The maximum absolute atomic E-state index is 13.5. The number of ether oxygens (including phenoxy) is 1. The van der Waals surface area contributed by atoms with E-state index in [1.165, 1.54) is 51.4 Å². The Kier molecular flexibility index (Phi) is 7.53. The third-order valence-electron chi connectivity index (χ3n) is 10.5. The highest BCUT2D eigenvalue weighted by atomic mass is 16.5. The van der Waals surface area contributed by atoms with Crippen molar-refractivity contribution in [3.05, 3.63) is 0 Å². The summed E-state index contributed by atoms with van der Waals surface area (Å²) in [6.07, 6.45) is 12.6. The number of hydrogen-bond acceptors (Lipinski definition) is 3. The summed E-state index contributed by atoms with van der Waals surface area (Å²) < 4.78 is 5.58. The molecule has 31 heavy (non-hydrogen) atoms. The van der Waals surface area contributed by atoms with Gasteiger partial charge in [0.25, 0.3) is 0 Å². The maximum Gasteiger partial charge on any atom is 0.150 e. The van der Waals surface area contributed by atoms with Gasteiger partial charge < -0.3 is 4.74 Å². The minimum atomic E-state index is 0.280. The Morgan fingerprint density at radius 3 is 2.52 bits per heavy atom. The van der Waals surface area contributed by atoms with Gasteiger partial charge >= 0.3 is 0 Å². The van der Waals surface area contributed by atoms with E-state index in [0.717, 1.165) is 61.7 Å².